The third-order valence-electron chi connectivity index (χ3n) is 3.70. The van der Waals surface area contributed by atoms with Gasteiger partial charge in [0.2, 0.25) is 0 Å². The summed E-state index contributed by atoms with van der Waals surface area (Å²) in [5.74, 6) is -4.12. The van der Waals surface area contributed by atoms with Crippen molar-refractivity contribution in [1.82, 2.24) is 0 Å². The molecule has 0 aliphatic heterocycles. The number of halogens is 5. The highest BCUT2D eigenvalue weighted by Crippen LogP contribution is 2.37. The Bertz CT molecular complexity index is 1040. The first-order chi connectivity index (χ1) is 13.6. The Hall–Kier alpha value is -3.69. The van der Waals surface area contributed by atoms with Crippen molar-refractivity contribution in [2.24, 2.45) is 0 Å². The van der Waals surface area contributed by atoms with Crippen molar-refractivity contribution in [3.63, 3.8) is 0 Å². The number of amides is 2. The lowest BCUT2D eigenvalue weighted by Crippen LogP contribution is -2.18. The van der Waals surface area contributed by atoms with Gasteiger partial charge in [0.25, 0.3) is 11.8 Å². The zero-order chi connectivity index (χ0) is 21.2. The van der Waals surface area contributed by atoms with Gasteiger partial charge < -0.3 is 15.1 Å². The minimum absolute atomic E-state index is 0.107. The highest BCUT2D eigenvalue weighted by Gasteiger charge is 2.34. The third kappa shape index (κ3) is 4.78. The lowest BCUT2D eigenvalue weighted by Gasteiger charge is -2.16. The van der Waals surface area contributed by atoms with E-state index in [2.05, 4.69) is 5.32 Å². The number of nitrogens with one attached hydrogen (secondary N) is 2. The first-order valence-electron chi connectivity index (χ1n) is 7.97. The molecule has 10 heteroatoms. The second-order valence-corrected chi connectivity index (χ2v) is 5.80. The molecule has 2 amide bonds. The average Bonchev–Trinajstić information content (AvgIpc) is 3.16. The van der Waals surface area contributed by atoms with Gasteiger partial charge in [0.05, 0.1) is 17.5 Å². The van der Waals surface area contributed by atoms with E-state index in [0.717, 1.165) is 12.1 Å². The summed E-state index contributed by atoms with van der Waals surface area (Å²) in [5, 5.41) is 4.21. The highest BCUT2D eigenvalue weighted by molar-refractivity contribution is 6.05. The Labute approximate surface area is 160 Å². The molecule has 0 aliphatic rings. The van der Waals surface area contributed by atoms with Gasteiger partial charge in [-0.25, -0.2) is 8.78 Å². The van der Waals surface area contributed by atoms with E-state index >= 15 is 0 Å². The molecular weight excluding hydrogens is 399 g/mol. The molecule has 2 N–H and O–H groups in total. The molecule has 0 radical (unpaired) electrons. The Morgan fingerprint density at radius 1 is 0.862 bits per heavy atom. The first kappa shape index (κ1) is 20.1. The molecule has 0 saturated carbocycles. The summed E-state index contributed by atoms with van der Waals surface area (Å²) < 4.78 is 71.6. The number of carbonyl (C=O) groups excluding carboxylic acids is 2. The molecule has 0 fully saturated rings. The minimum atomic E-state index is -4.89. The molecule has 29 heavy (non-hydrogen) atoms. The van der Waals surface area contributed by atoms with E-state index in [-0.39, 0.29) is 11.4 Å². The molecule has 1 heterocycles. The predicted octanol–water partition coefficient (Wildman–Crippen LogP) is 5.08. The van der Waals surface area contributed by atoms with Crippen molar-refractivity contribution in [2.75, 3.05) is 10.6 Å². The molecular formula is C19H11F5N2O3. The summed E-state index contributed by atoms with van der Waals surface area (Å²) >= 11 is 0. The van der Waals surface area contributed by atoms with E-state index in [4.69, 9.17) is 4.42 Å². The monoisotopic (exact) mass is 410 g/mol. The quantitative estimate of drug-likeness (QED) is 0.590. The smallest absolute Gasteiger partial charge is 0.418 e. The van der Waals surface area contributed by atoms with Gasteiger partial charge in [-0.1, -0.05) is 0 Å². The van der Waals surface area contributed by atoms with Crippen LogP contribution in [-0.2, 0) is 6.18 Å². The molecule has 0 saturated heterocycles. The highest BCUT2D eigenvalue weighted by atomic mass is 19.4. The van der Waals surface area contributed by atoms with Gasteiger partial charge >= 0.3 is 6.18 Å². The standard InChI is InChI=1S/C19H11F5N2O3/c20-11-6-10(7-12(21)8-11)17(27)26-15-4-3-13(9-14(15)19(22,23)24)25-18(28)16-2-1-5-29-16/h1-9H,(H,25,28)(H,26,27). The van der Waals surface area contributed by atoms with E-state index in [1.165, 1.54) is 18.4 Å². The number of hydrogen-bond donors (Lipinski definition) is 2. The van der Waals surface area contributed by atoms with Crippen LogP contribution >= 0.6 is 0 Å². The molecule has 0 aliphatic carbocycles. The molecule has 2 aromatic carbocycles. The summed E-state index contributed by atoms with van der Waals surface area (Å²) in [6.45, 7) is 0. The lowest BCUT2D eigenvalue weighted by molar-refractivity contribution is -0.136. The van der Waals surface area contributed by atoms with Gasteiger partial charge in [-0.2, -0.15) is 13.2 Å². The topological polar surface area (TPSA) is 71.3 Å². The van der Waals surface area contributed by atoms with Crippen molar-refractivity contribution in [1.29, 1.82) is 0 Å². The SMILES string of the molecule is O=C(Nc1ccc(NC(=O)c2ccco2)cc1C(F)(F)F)c1cc(F)cc(F)c1. The van der Waals surface area contributed by atoms with Gasteiger partial charge in [0.15, 0.2) is 5.76 Å². The van der Waals surface area contributed by atoms with Crippen LogP contribution < -0.4 is 10.6 Å². The molecule has 0 spiro atoms. The fraction of sp³-hybridized carbons (Fsp3) is 0.0526. The summed E-state index contributed by atoms with van der Waals surface area (Å²) in [5.41, 5.74) is -2.61. The maximum atomic E-state index is 13.4. The van der Waals surface area contributed by atoms with Crippen LogP contribution in [0.1, 0.15) is 26.5 Å². The Morgan fingerprint density at radius 2 is 1.55 bits per heavy atom. The molecule has 5 nitrogen and oxygen atoms in total. The average molecular weight is 410 g/mol. The van der Waals surface area contributed by atoms with Gasteiger partial charge in [-0.15, -0.1) is 0 Å². The Kier molecular flexibility index (Phi) is 5.35. The van der Waals surface area contributed by atoms with E-state index in [1.54, 1.807) is 0 Å². The zero-order valence-corrected chi connectivity index (χ0v) is 14.3. The Morgan fingerprint density at radius 3 is 2.14 bits per heavy atom. The van der Waals surface area contributed by atoms with E-state index in [9.17, 15) is 31.5 Å². The summed E-state index contributed by atoms with van der Waals surface area (Å²) in [7, 11) is 0. The van der Waals surface area contributed by atoms with Crippen molar-refractivity contribution < 1.29 is 36.0 Å². The van der Waals surface area contributed by atoms with Crippen molar-refractivity contribution >= 4 is 23.2 Å². The van der Waals surface area contributed by atoms with Crippen LogP contribution in [0.5, 0.6) is 0 Å². The molecule has 150 valence electrons. The summed E-state index contributed by atoms with van der Waals surface area (Å²) in [6, 6.07) is 7.30. The normalized spacial score (nSPS) is 11.2. The van der Waals surface area contributed by atoms with Crippen LogP contribution in [0.2, 0.25) is 0 Å². The second-order valence-electron chi connectivity index (χ2n) is 5.80. The summed E-state index contributed by atoms with van der Waals surface area (Å²) in [4.78, 5) is 24.0. The molecule has 1 aromatic heterocycles. The van der Waals surface area contributed by atoms with Crippen molar-refractivity contribution in [3.8, 4) is 0 Å². The molecule has 0 atom stereocenters. The second kappa shape index (κ2) is 7.74. The zero-order valence-electron chi connectivity index (χ0n) is 14.3. The molecule has 3 aromatic rings. The maximum absolute atomic E-state index is 13.4. The van der Waals surface area contributed by atoms with Crippen LogP contribution in [0.4, 0.5) is 33.3 Å². The minimum Gasteiger partial charge on any atom is -0.459 e. The number of alkyl halides is 3. The summed E-state index contributed by atoms with van der Waals surface area (Å²) in [6.07, 6.45) is -3.66. The Balaban J connectivity index is 1.88. The largest absolute Gasteiger partial charge is 0.459 e. The third-order valence-corrected chi connectivity index (χ3v) is 3.70. The van der Waals surface area contributed by atoms with Crippen LogP contribution in [-0.4, -0.2) is 11.8 Å². The van der Waals surface area contributed by atoms with Gasteiger partial charge in [-0.05, 0) is 42.5 Å². The number of benzene rings is 2. The van der Waals surface area contributed by atoms with Crippen LogP contribution in [0.15, 0.2) is 59.2 Å². The van der Waals surface area contributed by atoms with Crippen molar-refractivity contribution in [3.05, 3.63) is 83.3 Å². The fourth-order valence-electron chi connectivity index (χ4n) is 2.45. The van der Waals surface area contributed by atoms with E-state index in [0.29, 0.717) is 24.3 Å². The number of carbonyl (C=O) groups is 2. The first-order valence-corrected chi connectivity index (χ1v) is 7.97. The van der Waals surface area contributed by atoms with Crippen LogP contribution in [0.25, 0.3) is 0 Å². The van der Waals surface area contributed by atoms with Gasteiger partial charge in [-0.3, -0.25) is 9.59 Å². The van der Waals surface area contributed by atoms with E-state index in [1.807, 2.05) is 5.32 Å². The molecule has 0 unspecified atom stereocenters. The number of furan rings is 1. The number of hydrogen-bond acceptors (Lipinski definition) is 3. The fourth-order valence-corrected chi connectivity index (χ4v) is 2.45. The van der Waals surface area contributed by atoms with Crippen LogP contribution in [0.3, 0.4) is 0 Å². The molecule has 3 rings (SSSR count). The maximum Gasteiger partial charge on any atom is 0.418 e. The molecule has 0 bridgehead atoms. The van der Waals surface area contributed by atoms with Gasteiger partial charge in [0.1, 0.15) is 11.6 Å². The predicted molar refractivity (Wildman–Crippen MR) is 92.4 cm³/mol. The van der Waals surface area contributed by atoms with E-state index < -0.39 is 46.4 Å². The van der Waals surface area contributed by atoms with Crippen molar-refractivity contribution in [2.45, 2.75) is 6.18 Å². The number of anilines is 2. The van der Waals surface area contributed by atoms with Gasteiger partial charge in [0, 0.05) is 17.3 Å². The van der Waals surface area contributed by atoms with Crippen LogP contribution in [0, 0.1) is 11.6 Å². The lowest BCUT2D eigenvalue weighted by atomic mass is 10.1. The number of rotatable bonds is 4.